The maximum Gasteiger partial charge on any atom is 0.150 e. The summed E-state index contributed by atoms with van der Waals surface area (Å²) >= 11 is 0. The molecule has 2 heterocycles. The molecule has 0 atom stereocenters. The Morgan fingerprint density at radius 3 is 2.38 bits per heavy atom. The van der Waals surface area contributed by atoms with Crippen molar-refractivity contribution in [2.75, 3.05) is 23.7 Å². The van der Waals surface area contributed by atoms with Gasteiger partial charge in [-0.3, -0.25) is 4.68 Å². The highest BCUT2D eigenvalue weighted by atomic mass is 16.3. The molecule has 5 heteroatoms. The van der Waals surface area contributed by atoms with E-state index in [1.165, 1.54) is 0 Å². The van der Waals surface area contributed by atoms with Gasteiger partial charge in [-0.05, 0) is 26.7 Å². The van der Waals surface area contributed by atoms with Gasteiger partial charge in [0.2, 0.25) is 0 Å². The zero-order chi connectivity index (χ0) is 11.9. The van der Waals surface area contributed by atoms with Crippen LogP contribution in [0, 0.1) is 6.92 Å². The molecule has 1 aromatic rings. The lowest BCUT2D eigenvalue weighted by Gasteiger charge is -2.37. The lowest BCUT2D eigenvalue weighted by molar-refractivity contribution is 0.0349. The van der Waals surface area contributed by atoms with E-state index in [2.05, 4.69) is 10.00 Å². The van der Waals surface area contributed by atoms with Crippen molar-refractivity contribution in [3.63, 3.8) is 0 Å². The summed E-state index contributed by atoms with van der Waals surface area (Å²) in [4.78, 5) is 2.20. The summed E-state index contributed by atoms with van der Waals surface area (Å²) < 4.78 is 1.82. The molecule has 5 nitrogen and oxygen atoms in total. The molecular weight excluding hydrogens is 204 g/mol. The fraction of sp³-hybridized carbons (Fsp3) is 0.727. The smallest absolute Gasteiger partial charge is 0.150 e. The van der Waals surface area contributed by atoms with Gasteiger partial charge in [0.25, 0.3) is 0 Å². The highest BCUT2D eigenvalue weighted by Crippen LogP contribution is 2.30. The molecule has 0 aliphatic carbocycles. The largest absolute Gasteiger partial charge is 0.394 e. The van der Waals surface area contributed by atoms with E-state index in [1.807, 2.05) is 25.6 Å². The summed E-state index contributed by atoms with van der Waals surface area (Å²) in [6.45, 7) is 5.47. The van der Waals surface area contributed by atoms with Crippen molar-refractivity contribution < 1.29 is 5.11 Å². The zero-order valence-electron chi connectivity index (χ0n) is 10.2. The minimum Gasteiger partial charge on any atom is -0.394 e. The van der Waals surface area contributed by atoms with Gasteiger partial charge in [0.15, 0.2) is 0 Å². The third-order valence-corrected chi connectivity index (χ3v) is 3.38. The molecule has 1 fully saturated rings. The van der Waals surface area contributed by atoms with Crippen LogP contribution in [0.25, 0.3) is 0 Å². The van der Waals surface area contributed by atoms with Crippen molar-refractivity contribution in [3.8, 4) is 0 Å². The van der Waals surface area contributed by atoms with Crippen LogP contribution in [0.5, 0.6) is 0 Å². The van der Waals surface area contributed by atoms with Crippen LogP contribution in [0.4, 0.5) is 11.5 Å². The quantitative estimate of drug-likeness (QED) is 0.735. The van der Waals surface area contributed by atoms with Crippen molar-refractivity contribution in [3.05, 3.63) is 5.69 Å². The Balaban J connectivity index is 2.20. The van der Waals surface area contributed by atoms with Crippen molar-refractivity contribution in [1.82, 2.24) is 9.78 Å². The summed E-state index contributed by atoms with van der Waals surface area (Å²) in [6.07, 6.45) is 1.55. The Kier molecular flexibility index (Phi) is 2.58. The molecule has 0 spiro atoms. The van der Waals surface area contributed by atoms with Gasteiger partial charge in [-0.1, -0.05) is 0 Å². The van der Waals surface area contributed by atoms with E-state index in [9.17, 15) is 5.11 Å². The van der Waals surface area contributed by atoms with Crippen LogP contribution in [0.2, 0.25) is 0 Å². The van der Waals surface area contributed by atoms with Crippen LogP contribution in [0.3, 0.4) is 0 Å². The summed E-state index contributed by atoms with van der Waals surface area (Å²) in [6, 6.07) is 0. The first-order valence-corrected chi connectivity index (χ1v) is 5.67. The average Bonchev–Trinajstić information content (AvgIpc) is 2.43. The van der Waals surface area contributed by atoms with Crippen LogP contribution in [-0.2, 0) is 7.05 Å². The summed E-state index contributed by atoms with van der Waals surface area (Å²) in [7, 11) is 1.91. The zero-order valence-corrected chi connectivity index (χ0v) is 10.2. The Bertz CT molecular complexity index is 387. The van der Waals surface area contributed by atoms with Crippen LogP contribution in [0.15, 0.2) is 0 Å². The number of aryl methyl sites for hydroxylation is 2. The second-order valence-electron chi connectivity index (χ2n) is 4.93. The predicted octanol–water partition coefficient (Wildman–Crippen LogP) is 0.662. The topological polar surface area (TPSA) is 67.3 Å². The molecule has 3 N–H and O–H groups in total. The number of rotatable bonds is 1. The fourth-order valence-electron chi connectivity index (χ4n) is 2.24. The van der Waals surface area contributed by atoms with Gasteiger partial charge in [-0.25, -0.2) is 0 Å². The fourth-order valence-corrected chi connectivity index (χ4v) is 2.24. The maximum atomic E-state index is 9.90. The van der Waals surface area contributed by atoms with Crippen molar-refractivity contribution in [1.29, 1.82) is 0 Å². The molecule has 0 bridgehead atoms. The molecule has 1 aromatic heterocycles. The summed E-state index contributed by atoms with van der Waals surface area (Å²) in [5.74, 6) is 0.980. The number of nitrogen functional groups attached to an aromatic ring is 1. The Hall–Kier alpha value is -1.23. The van der Waals surface area contributed by atoms with E-state index < -0.39 is 5.60 Å². The van der Waals surface area contributed by atoms with E-state index in [0.29, 0.717) is 0 Å². The number of aromatic nitrogens is 2. The van der Waals surface area contributed by atoms with E-state index in [-0.39, 0.29) is 0 Å². The summed E-state index contributed by atoms with van der Waals surface area (Å²) in [5, 5.41) is 14.2. The number of hydrogen-bond donors (Lipinski definition) is 2. The first-order valence-electron chi connectivity index (χ1n) is 5.67. The van der Waals surface area contributed by atoms with Gasteiger partial charge < -0.3 is 15.7 Å². The normalized spacial score (nSPS) is 20.1. The van der Waals surface area contributed by atoms with Crippen molar-refractivity contribution in [2.45, 2.75) is 32.3 Å². The molecule has 0 radical (unpaired) electrons. The van der Waals surface area contributed by atoms with Crippen LogP contribution in [-0.4, -0.2) is 33.6 Å². The summed E-state index contributed by atoms with van der Waals surface area (Å²) in [5.41, 5.74) is 7.11. The minimum absolute atomic E-state index is 0.529. The molecule has 16 heavy (non-hydrogen) atoms. The van der Waals surface area contributed by atoms with Gasteiger partial charge in [0.05, 0.1) is 17.0 Å². The molecule has 0 unspecified atom stereocenters. The molecule has 90 valence electrons. The first kappa shape index (κ1) is 11.3. The minimum atomic E-state index is -0.529. The molecule has 0 aromatic carbocycles. The number of aliphatic hydroxyl groups is 1. The van der Waals surface area contributed by atoms with E-state index >= 15 is 0 Å². The Morgan fingerprint density at radius 1 is 1.38 bits per heavy atom. The lowest BCUT2D eigenvalue weighted by atomic mass is 9.94. The standard InChI is InChI=1S/C11H20N4O/c1-8-9(12)10(14(3)13-8)15-6-4-11(2,16)5-7-15/h16H,4-7,12H2,1-3H3. The lowest BCUT2D eigenvalue weighted by Crippen LogP contribution is -2.43. The number of nitrogens with two attached hydrogens (primary N) is 1. The van der Waals surface area contributed by atoms with Crippen LogP contribution < -0.4 is 10.6 Å². The van der Waals surface area contributed by atoms with Crippen LogP contribution >= 0.6 is 0 Å². The van der Waals surface area contributed by atoms with E-state index in [4.69, 9.17) is 5.73 Å². The SMILES string of the molecule is Cc1nn(C)c(N2CCC(C)(O)CC2)c1N. The Morgan fingerprint density at radius 2 is 1.94 bits per heavy atom. The number of nitrogens with zero attached hydrogens (tertiary/aromatic N) is 3. The molecular formula is C11H20N4O. The monoisotopic (exact) mass is 224 g/mol. The second-order valence-corrected chi connectivity index (χ2v) is 4.93. The van der Waals surface area contributed by atoms with Crippen molar-refractivity contribution >= 4 is 11.5 Å². The Labute approximate surface area is 95.8 Å². The van der Waals surface area contributed by atoms with E-state index in [1.54, 1.807) is 0 Å². The van der Waals surface area contributed by atoms with Gasteiger partial charge in [0, 0.05) is 20.1 Å². The third-order valence-electron chi connectivity index (χ3n) is 3.38. The first-order chi connectivity index (χ1) is 7.41. The van der Waals surface area contributed by atoms with Gasteiger partial charge in [-0.2, -0.15) is 5.10 Å². The van der Waals surface area contributed by atoms with Crippen molar-refractivity contribution in [2.24, 2.45) is 7.05 Å². The van der Waals surface area contributed by atoms with E-state index in [0.717, 1.165) is 43.1 Å². The van der Waals surface area contributed by atoms with Gasteiger partial charge in [-0.15, -0.1) is 0 Å². The van der Waals surface area contributed by atoms with Gasteiger partial charge >= 0.3 is 0 Å². The van der Waals surface area contributed by atoms with Gasteiger partial charge in [0.1, 0.15) is 5.82 Å². The number of piperidine rings is 1. The molecule has 0 amide bonds. The molecule has 1 saturated heterocycles. The number of hydrogen-bond acceptors (Lipinski definition) is 4. The van der Waals surface area contributed by atoms with Crippen LogP contribution in [0.1, 0.15) is 25.5 Å². The third kappa shape index (κ3) is 1.87. The average molecular weight is 224 g/mol. The highest BCUT2D eigenvalue weighted by Gasteiger charge is 2.29. The molecule has 0 saturated carbocycles. The number of anilines is 2. The maximum absolute atomic E-state index is 9.90. The predicted molar refractivity (Wildman–Crippen MR) is 64.4 cm³/mol. The molecule has 1 aliphatic heterocycles. The molecule has 2 rings (SSSR count). The second kappa shape index (κ2) is 3.66. The highest BCUT2D eigenvalue weighted by molar-refractivity contribution is 5.66. The molecule has 1 aliphatic rings.